The lowest BCUT2D eigenvalue weighted by atomic mass is 10.1. The number of halogens is 3. The Morgan fingerprint density at radius 1 is 1.37 bits per heavy atom. The quantitative estimate of drug-likeness (QED) is 0.747. The van der Waals surface area contributed by atoms with Crippen LogP contribution in [0.2, 0.25) is 0 Å². The van der Waals surface area contributed by atoms with Crippen molar-refractivity contribution in [2.24, 2.45) is 5.92 Å². The van der Waals surface area contributed by atoms with Crippen LogP contribution >= 0.6 is 0 Å². The van der Waals surface area contributed by atoms with E-state index in [4.69, 9.17) is 4.74 Å². The maximum Gasteiger partial charge on any atom is 0.416 e. The zero-order chi connectivity index (χ0) is 19.6. The van der Waals surface area contributed by atoms with Gasteiger partial charge in [0.2, 0.25) is 5.91 Å². The van der Waals surface area contributed by atoms with Crippen LogP contribution in [-0.2, 0) is 22.3 Å². The van der Waals surface area contributed by atoms with Crippen LogP contribution in [0.5, 0.6) is 0 Å². The SMILES string of the molecule is CCOC(=O)c1cnn(CC2CC(=O)N(c3cccc(C(F)(F)F)c3)C2)c1. The van der Waals surface area contributed by atoms with E-state index in [0.717, 1.165) is 12.1 Å². The van der Waals surface area contributed by atoms with Gasteiger partial charge in [0.15, 0.2) is 0 Å². The lowest BCUT2D eigenvalue weighted by molar-refractivity contribution is -0.137. The summed E-state index contributed by atoms with van der Waals surface area (Å²) >= 11 is 0. The van der Waals surface area contributed by atoms with Gasteiger partial charge in [-0.1, -0.05) is 6.07 Å². The molecule has 2 aromatic rings. The van der Waals surface area contributed by atoms with Gasteiger partial charge in [-0.2, -0.15) is 18.3 Å². The zero-order valence-corrected chi connectivity index (χ0v) is 14.6. The number of hydrogen-bond acceptors (Lipinski definition) is 4. The Kier molecular flexibility index (Phi) is 5.20. The van der Waals surface area contributed by atoms with Crippen molar-refractivity contribution in [3.05, 3.63) is 47.8 Å². The van der Waals surface area contributed by atoms with Crippen molar-refractivity contribution in [3.8, 4) is 0 Å². The van der Waals surface area contributed by atoms with E-state index in [9.17, 15) is 22.8 Å². The van der Waals surface area contributed by atoms with E-state index < -0.39 is 17.7 Å². The molecular formula is C18H18F3N3O3. The minimum Gasteiger partial charge on any atom is -0.462 e. The maximum absolute atomic E-state index is 12.9. The minimum atomic E-state index is -4.46. The number of ether oxygens (including phenoxy) is 1. The number of carbonyl (C=O) groups excluding carboxylic acids is 2. The molecule has 1 aromatic heterocycles. The summed E-state index contributed by atoms with van der Waals surface area (Å²) in [5.74, 6) is -0.837. The maximum atomic E-state index is 12.9. The number of esters is 1. The molecule has 0 aliphatic carbocycles. The molecule has 9 heteroatoms. The Morgan fingerprint density at radius 2 is 2.15 bits per heavy atom. The summed E-state index contributed by atoms with van der Waals surface area (Å²) in [6, 6.07) is 4.73. The fourth-order valence-electron chi connectivity index (χ4n) is 3.05. The van der Waals surface area contributed by atoms with Crippen LogP contribution in [0.3, 0.4) is 0 Å². The summed E-state index contributed by atoms with van der Waals surface area (Å²) in [4.78, 5) is 25.3. The first-order valence-electron chi connectivity index (χ1n) is 8.45. The molecule has 2 heterocycles. The summed E-state index contributed by atoms with van der Waals surface area (Å²) in [6.45, 7) is 2.62. The number of nitrogens with zero attached hydrogens (tertiary/aromatic N) is 3. The Balaban J connectivity index is 1.68. The standard InChI is InChI=1S/C18H18F3N3O3/c1-2-27-17(26)13-8-22-23(11-13)9-12-6-16(25)24(10-12)15-5-3-4-14(7-15)18(19,20)21/h3-5,7-8,11-12H,2,6,9-10H2,1H3. The molecular weight excluding hydrogens is 363 g/mol. The molecule has 27 heavy (non-hydrogen) atoms. The molecule has 1 atom stereocenters. The van der Waals surface area contributed by atoms with E-state index in [1.54, 1.807) is 11.6 Å². The summed E-state index contributed by atoms with van der Waals surface area (Å²) in [6.07, 6.45) is -1.34. The van der Waals surface area contributed by atoms with E-state index >= 15 is 0 Å². The predicted octanol–water partition coefficient (Wildman–Crippen LogP) is 3.13. The highest BCUT2D eigenvalue weighted by Crippen LogP contribution is 2.33. The average molecular weight is 381 g/mol. The zero-order valence-electron chi connectivity index (χ0n) is 14.6. The van der Waals surface area contributed by atoms with Gasteiger partial charge in [0.25, 0.3) is 0 Å². The van der Waals surface area contributed by atoms with Gasteiger partial charge in [0.1, 0.15) is 0 Å². The van der Waals surface area contributed by atoms with E-state index in [2.05, 4.69) is 5.10 Å². The molecule has 3 rings (SSSR count). The van der Waals surface area contributed by atoms with Crippen LogP contribution in [0.15, 0.2) is 36.7 Å². The monoisotopic (exact) mass is 381 g/mol. The van der Waals surface area contributed by atoms with Crippen molar-refractivity contribution in [1.82, 2.24) is 9.78 Å². The third kappa shape index (κ3) is 4.29. The molecule has 1 fully saturated rings. The number of carbonyl (C=O) groups is 2. The Morgan fingerprint density at radius 3 is 2.85 bits per heavy atom. The molecule has 1 aliphatic heterocycles. The second-order valence-electron chi connectivity index (χ2n) is 6.29. The molecule has 1 saturated heterocycles. The second kappa shape index (κ2) is 7.42. The van der Waals surface area contributed by atoms with Crippen LogP contribution < -0.4 is 4.90 Å². The molecule has 1 unspecified atom stereocenters. The molecule has 144 valence electrons. The van der Waals surface area contributed by atoms with E-state index in [0.29, 0.717) is 12.1 Å². The van der Waals surface area contributed by atoms with Gasteiger partial charge in [-0.05, 0) is 25.1 Å². The number of alkyl halides is 3. The van der Waals surface area contributed by atoms with Crippen molar-refractivity contribution < 1.29 is 27.5 Å². The molecule has 0 bridgehead atoms. The molecule has 6 nitrogen and oxygen atoms in total. The van der Waals surface area contributed by atoms with Gasteiger partial charge >= 0.3 is 12.1 Å². The molecule has 0 radical (unpaired) electrons. The third-order valence-electron chi connectivity index (χ3n) is 4.28. The Labute approximate surface area is 153 Å². The van der Waals surface area contributed by atoms with E-state index in [-0.39, 0.29) is 37.1 Å². The van der Waals surface area contributed by atoms with Crippen molar-refractivity contribution >= 4 is 17.6 Å². The normalized spacial score (nSPS) is 17.4. The number of aromatic nitrogens is 2. The van der Waals surface area contributed by atoms with Gasteiger partial charge in [-0.15, -0.1) is 0 Å². The highest BCUT2D eigenvalue weighted by Gasteiger charge is 2.34. The summed E-state index contributed by atoms with van der Waals surface area (Å²) in [7, 11) is 0. The van der Waals surface area contributed by atoms with E-state index in [1.807, 2.05) is 0 Å². The van der Waals surface area contributed by atoms with Gasteiger partial charge in [-0.3, -0.25) is 9.48 Å². The fraction of sp³-hybridized carbons (Fsp3) is 0.389. The number of anilines is 1. The number of amides is 1. The van der Waals surface area contributed by atoms with Crippen molar-refractivity contribution in [2.45, 2.75) is 26.1 Å². The number of benzene rings is 1. The lowest BCUT2D eigenvalue weighted by Gasteiger charge is -2.18. The predicted molar refractivity (Wildman–Crippen MR) is 90.1 cm³/mol. The topological polar surface area (TPSA) is 64.4 Å². The molecule has 0 N–H and O–H groups in total. The van der Waals surface area contributed by atoms with E-state index in [1.165, 1.54) is 29.4 Å². The molecule has 0 spiro atoms. The largest absolute Gasteiger partial charge is 0.462 e. The average Bonchev–Trinajstić information content (AvgIpc) is 3.21. The number of hydrogen-bond donors (Lipinski definition) is 0. The van der Waals surface area contributed by atoms with Gasteiger partial charge in [-0.25, -0.2) is 4.79 Å². The first-order chi connectivity index (χ1) is 12.8. The second-order valence-corrected chi connectivity index (χ2v) is 6.29. The van der Waals surface area contributed by atoms with Gasteiger partial charge in [0, 0.05) is 37.3 Å². The van der Waals surface area contributed by atoms with Crippen molar-refractivity contribution in [2.75, 3.05) is 18.1 Å². The smallest absolute Gasteiger partial charge is 0.416 e. The van der Waals surface area contributed by atoms with Gasteiger partial charge < -0.3 is 9.64 Å². The van der Waals surface area contributed by atoms with Crippen molar-refractivity contribution in [1.29, 1.82) is 0 Å². The van der Waals surface area contributed by atoms with Crippen LogP contribution in [0.25, 0.3) is 0 Å². The van der Waals surface area contributed by atoms with Crippen LogP contribution in [0.1, 0.15) is 29.3 Å². The molecule has 1 aliphatic rings. The van der Waals surface area contributed by atoms with Crippen LogP contribution in [-0.4, -0.2) is 34.8 Å². The fourth-order valence-corrected chi connectivity index (χ4v) is 3.05. The summed E-state index contributed by atoms with van der Waals surface area (Å²) in [5.41, 5.74) is -0.247. The summed E-state index contributed by atoms with van der Waals surface area (Å²) < 4.78 is 45.1. The Bertz CT molecular complexity index is 848. The van der Waals surface area contributed by atoms with Crippen LogP contribution in [0, 0.1) is 5.92 Å². The highest BCUT2D eigenvalue weighted by molar-refractivity contribution is 5.95. The molecule has 0 saturated carbocycles. The first kappa shape index (κ1) is 18.9. The minimum absolute atomic E-state index is 0.123. The third-order valence-corrected chi connectivity index (χ3v) is 4.28. The molecule has 1 aromatic carbocycles. The summed E-state index contributed by atoms with van der Waals surface area (Å²) in [5, 5.41) is 4.09. The van der Waals surface area contributed by atoms with Crippen LogP contribution in [0.4, 0.5) is 18.9 Å². The first-order valence-corrected chi connectivity index (χ1v) is 8.45. The lowest BCUT2D eigenvalue weighted by Crippen LogP contribution is -2.25. The van der Waals surface area contributed by atoms with Crippen molar-refractivity contribution in [3.63, 3.8) is 0 Å². The highest BCUT2D eigenvalue weighted by atomic mass is 19.4. The van der Waals surface area contributed by atoms with Gasteiger partial charge in [0.05, 0.1) is 23.9 Å². The number of rotatable bonds is 5. The molecule has 1 amide bonds. The Hall–Kier alpha value is -2.84.